The highest BCUT2D eigenvalue weighted by Gasteiger charge is 2.20. The van der Waals surface area contributed by atoms with Crippen molar-refractivity contribution in [2.45, 2.75) is 33.1 Å². The third-order valence-corrected chi connectivity index (χ3v) is 4.63. The SMILES string of the molecule is CCCc1c(OC)cc(OC)c(Cl)c1-c1ccc(C(=N)CC)c(N)c1. The summed E-state index contributed by atoms with van der Waals surface area (Å²) in [5.41, 5.74) is 10.9. The van der Waals surface area contributed by atoms with Crippen LogP contribution in [0.15, 0.2) is 24.3 Å². The van der Waals surface area contributed by atoms with Crippen molar-refractivity contribution < 1.29 is 9.47 Å². The summed E-state index contributed by atoms with van der Waals surface area (Å²) in [7, 11) is 3.23. The number of methoxy groups -OCH3 is 2. The average Bonchev–Trinajstić information content (AvgIpc) is 2.61. The quantitative estimate of drug-likeness (QED) is 0.517. The standard InChI is InChI=1S/C20H25ClN2O2/c1-5-7-14-17(24-3)11-18(25-4)20(21)19(14)12-8-9-13(15(22)6-2)16(23)10-12/h8-11,22H,5-7,23H2,1-4H3. The summed E-state index contributed by atoms with van der Waals surface area (Å²) in [5, 5.41) is 8.57. The minimum Gasteiger partial charge on any atom is -0.496 e. The van der Waals surface area contributed by atoms with Gasteiger partial charge in [0.25, 0.3) is 0 Å². The van der Waals surface area contributed by atoms with Crippen LogP contribution in [0.1, 0.15) is 37.8 Å². The fourth-order valence-electron chi connectivity index (χ4n) is 2.96. The highest BCUT2D eigenvalue weighted by molar-refractivity contribution is 6.35. The molecule has 0 saturated carbocycles. The first-order valence-electron chi connectivity index (χ1n) is 8.39. The van der Waals surface area contributed by atoms with Gasteiger partial charge in [0.1, 0.15) is 11.5 Å². The topological polar surface area (TPSA) is 68.3 Å². The van der Waals surface area contributed by atoms with E-state index in [4.69, 9.17) is 32.2 Å². The number of nitrogens with two attached hydrogens (primary N) is 1. The normalized spacial score (nSPS) is 10.6. The Balaban J connectivity index is 2.72. The van der Waals surface area contributed by atoms with Crippen LogP contribution in [0.25, 0.3) is 11.1 Å². The van der Waals surface area contributed by atoms with Gasteiger partial charge in [0.15, 0.2) is 0 Å². The lowest BCUT2D eigenvalue weighted by atomic mass is 9.93. The molecule has 0 amide bonds. The van der Waals surface area contributed by atoms with Crippen LogP contribution >= 0.6 is 11.6 Å². The van der Waals surface area contributed by atoms with Crippen LogP contribution in [0.2, 0.25) is 5.02 Å². The van der Waals surface area contributed by atoms with Crippen molar-refractivity contribution in [1.29, 1.82) is 5.41 Å². The largest absolute Gasteiger partial charge is 0.496 e. The van der Waals surface area contributed by atoms with E-state index in [1.165, 1.54) is 0 Å². The Morgan fingerprint density at radius 1 is 1.12 bits per heavy atom. The molecule has 0 unspecified atom stereocenters. The molecule has 5 heteroatoms. The van der Waals surface area contributed by atoms with Crippen molar-refractivity contribution in [3.8, 4) is 22.6 Å². The van der Waals surface area contributed by atoms with Crippen molar-refractivity contribution >= 4 is 23.0 Å². The van der Waals surface area contributed by atoms with E-state index >= 15 is 0 Å². The molecule has 0 aliphatic rings. The summed E-state index contributed by atoms with van der Waals surface area (Å²) in [5.74, 6) is 1.32. The molecule has 0 aliphatic heterocycles. The van der Waals surface area contributed by atoms with E-state index in [0.717, 1.165) is 40.8 Å². The first-order chi connectivity index (χ1) is 12.0. The van der Waals surface area contributed by atoms with E-state index in [1.54, 1.807) is 14.2 Å². The van der Waals surface area contributed by atoms with Crippen LogP contribution in [0, 0.1) is 5.41 Å². The minimum atomic E-state index is 0.521. The van der Waals surface area contributed by atoms with Crippen molar-refractivity contribution in [1.82, 2.24) is 0 Å². The zero-order valence-corrected chi connectivity index (χ0v) is 16.0. The van der Waals surface area contributed by atoms with Crippen LogP contribution in [0.4, 0.5) is 5.69 Å². The van der Waals surface area contributed by atoms with Gasteiger partial charge in [0.2, 0.25) is 0 Å². The molecule has 0 saturated heterocycles. The number of rotatable bonds is 7. The maximum atomic E-state index is 8.03. The van der Waals surface area contributed by atoms with E-state index in [-0.39, 0.29) is 0 Å². The maximum absolute atomic E-state index is 8.03. The van der Waals surface area contributed by atoms with Gasteiger partial charge < -0.3 is 20.6 Å². The van der Waals surface area contributed by atoms with Crippen molar-refractivity contribution in [3.63, 3.8) is 0 Å². The molecule has 3 N–H and O–H groups in total. The Labute approximate surface area is 154 Å². The molecule has 25 heavy (non-hydrogen) atoms. The fourth-order valence-corrected chi connectivity index (χ4v) is 3.32. The minimum absolute atomic E-state index is 0.521. The Morgan fingerprint density at radius 3 is 2.32 bits per heavy atom. The molecule has 134 valence electrons. The summed E-state index contributed by atoms with van der Waals surface area (Å²) in [4.78, 5) is 0. The number of anilines is 1. The Bertz CT molecular complexity index is 788. The van der Waals surface area contributed by atoms with Gasteiger partial charge in [-0.3, -0.25) is 0 Å². The van der Waals surface area contributed by atoms with Crippen LogP contribution in [0.3, 0.4) is 0 Å². The first kappa shape index (κ1) is 19.1. The molecule has 0 bridgehead atoms. The number of nitrogens with one attached hydrogen (secondary N) is 1. The van der Waals surface area contributed by atoms with E-state index in [2.05, 4.69) is 6.92 Å². The summed E-state index contributed by atoms with van der Waals surface area (Å²) in [6.45, 7) is 4.06. The molecule has 0 heterocycles. The second-order valence-electron chi connectivity index (χ2n) is 5.83. The molecule has 0 radical (unpaired) electrons. The summed E-state index contributed by atoms with van der Waals surface area (Å²) in [6.07, 6.45) is 2.42. The maximum Gasteiger partial charge on any atom is 0.141 e. The zero-order chi connectivity index (χ0) is 18.6. The molecular weight excluding hydrogens is 336 g/mol. The molecule has 0 spiro atoms. The molecular formula is C20H25ClN2O2. The lowest BCUT2D eigenvalue weighted by Gasteiger charge is -2.19. The van der Waals surface area contributed by atoms with Crippen LogP contribution in [0.5, 0.6) is 11.5 Å². The molecule has 2 rings (SSSR count). The average molecular weight is 361 g/mol. The highest BCUT2D eigenvalue weighted by atomic mass is 35.5. The molecule has 2 aromatic carbocycles. The highest BCUT2D eigenvalue weighted by Crippen LogP contribution is 2.44. The predicted octanol–water partition coefficient (Wildman–Crippen LogP) is 5.34. The number of ether oxygens (including phenoxy) is 2. The van der Waals surface area contributed by atoms with Gasteiger partial charge in [-0.05, 0) is 24.5 Å². The molecule has 0 aromatic heterocycles. The molecule has 0 fully saturated rings. The van der Waals surface area contributed by atoms with Gasteiger partial charge in [0.05, 0.1) is 19.2 Å². The summed E-state index contributed by atoms with van der Waals surface area (Å²) >= 11 is 6.63. The number of benzene rings is 2. The molecule has 2 aromatic rings. The summed E-state index contributed by atoms with van der Waals surface area (Å²) < 4.78 is 11.0. The lowest BCUT2D eigenvalue weighted by molar-refractivity contribution is 0.391. The smallest absolute Gasteiger partial charge is 0.141 e. The lowest BCUT2D eigenvalue weighted by Crippen LogP contribution is -2.04. The number of hydrogen-bond acceptors (Lipinski definition) is 4. The second kappa shape index (κ2) is 8.26. The molecule has 0 aliphatic carbocycles. The monoisotopic (exact) mass is 360 g/mol. The van der Waals surface area contributed by atoms with Gasteiger partial charge in [-0.2, -0.15) is 0 Å². The van der Waals surface area contributed by atoms with Crippen LogP contribution < -0.4 is 15.2 Å². The number of halogens is 1. The third-order valence-electron chi connectivity index (χ3n) is 4.26. The predicted molar refractivity (Wildman–Crippen MR) is 106 cm³/mol. The van der Waals surface area contributed by atoms with Gasteiger partial charge >= 0.3 is 0 Å². The fraction of sp³-hybridized carbons (Fsp3) is 0.350. The third kappa shape index (κ3) is 3.74. The van der Waals surface area contributed by atoms with Crippen LogP contribution in [-0.4, -0.2) is 19.9 Å². The Kier molecular flexibility index (Phi) is 6.32. The van der Waals surface area contributed by atoms with E-state index in [0.29, 0.717) is 28.6 Å². The summed E-state index contributed by atoms with van der Waals surface area (Å²) in [6, 6.07) is 7.53. The number of hydrogen-bond donors (Lipinski definition) is 2. The van der Waals surface area contributed by atoms with Crippen LogP contribution in [-0.2, 0) is 6.42 Å². The van der Waals surface area contributed by atoms with E-state index < -0.39 is 0 Å². The second-order valence-corrected chi connectivity index (χ2v) is 6.21. The first-order valence-corrected chi connectivity index (χ1v) is 8.77. The molecule has 0 atom stereocenters. The Morgan fingerprint density at radius 2 is 1.80 bits per heavy atom. The van der Waals surface area contributed by atoms with Crippen molar-refractivity contribution in [2.24, 2.45) is 0 Å². The van der Waals surface area contributed by atoms with Gasteiger partial charge in [-0.25, -0.2) is 0 Å². The zero-order valence-electron chi connectivity index (χ0n) is 15.2. The van der Waals surface area contributed by atoms with E-state index in [1.807, 2.05) is 31.2 Å². The number of nitrogen functional groups attached to an aromatic ring is 1. The van der Waals surface area contributed by atoms with Crippen molar-refractivity contribution in [3.05, 3.63) is 40.4 Å². The van der Waals surface area contributed by atoms with E-state index in [9.17, 15) is 0 Å². The van der Waals surface area contributed by atoms with Gasteiger partial charge in [0, 0.05) is 34.2 Å². The van der Waals surface area contributed by atoms with Gasteiger partial charge in [-0.1, -0.05) is 44.0 Å². The Hall–Kier alpha value is -2.20. The van der Waals surface area contributed by atoms with Crippen molar-refractivity contribution in [2.75, 3.05) is 20.0 Å². The molecule has 4 nitrogen and oxygen atoms in total. The van der Waals surface area contributed by atoms with Gasteiger partial charge in [-0.15, -0.1) is 0 Å².